The van der Waals surface area contributed by atoms with Gasteiger partial charge in [0.25, 0.3) is 5.91 Å². The highest BCUT2D eigenvalue weighted by molar-refractivity contribution is 5.93. The van der Waals surface area contributed by atoms with E-state index in [2.05, 4.69) is 10.3 Å². The summed E-state index contributed by atoms with van der Waals surface area (Å²) in [5.74, 6) is -0.177. The van der Waals surface area contributed by atoms with Crippen LogP contribution in [-0.2, 0) is 16.1 Å². The Labute approximate surface area is 112 Å². The van der Waals surface area contributed by atoms with E-state index in [9.17, 15) is 4.79 Å². The first-order valence-corrected chi connectivity index (χ1v) is 6.12. The maximum atomic E-state index is 11.9. The van der Waals surface area contributed by atoms with Gasteiger partial charge in [-0.3, -0.25) is 9.78 Å². The normalized spacial score (nSPS) is 11.8. The lowest BCUT2D eigenvalue weighted by atomic mass is 10.2. The fourth-order valence-corrected chi connectivity index (χ4v) is 1.55. The molecule has 1 N–H and O–H groups in total. The second-order valence-electron chi connectivity index (χ2n) is 4.17. The van der Waals surface area contributed by atoms with E-state index >= 15 is 0 Å². The highest BCUT2D eigenvalue weighted by atomic mass is 16.5. The largest absolute Gasteiger partial charge is 0.364 e. The molecule has 98 valence electrons. The maximum Gasteiger partial charge on any atom is 0.253 e. The zero-order chi connectivity index (χ0) is 13.5. The van der Waals surface area contributed by atoms with Gasteiger partial charge in [0.15, 0.2) is 0 Å². The van der Waals surface area contributed by atoms with Crippen LogP contribution >= 0.6 is 0 Å². The summed E-state index contributed by atoms with van der Waals surface area (Å²) in [6, 6.07) is 13.3. The van der Waals surface area contributed by atoms with Gasteiger partial charge in [-0.2, -0.15) is 0 Å². The molecule has 0 spiro atoms. The lowest BCUT2D eigenvalue weighted by molar-refractivity contribution is -0.127. The molecule has 2 aromatic rings. The zero-order valence-electron chi connectivity index (χ0n) is 10.7. The average Bonchev–Trinajstić information content (AvgIpc) is 2.47. The molecule has 1 aromatic heterocycles. The molecule has 19 heavy (non-hydrogen) atoms. The number of pyridine rings is 1. The Kier molecular flexibility index (Phi) is 4.64. The Morgan fingerprint density at radius 3 is 2.74 bits per heavy atom. The Bertz CT molecular complexity index is 514. The van der Waals surface area contributed by atoms with E-state index in [-0.39, 0.29) is 5.91 Å². The Morgan fingerprint density at radius 1 is 1.26 bits per heavy atom. The van der Waals surface area contributed by atoms with Gasteiger partial charge in [0.1, 0.15) is 6.10 Å². The second kappa shape index (κ2) is 6.66. The van der Waals surface area contributed by atoms with Gasteiger partial charge in [-0.1, -0.05) is 30.3 Å². The predicted molar refractivity (Wildman–Crippen MR) is 73.6 cm³/mol. The molecule has 4 heteroatoms. The predicted octanol–water partition coefficient (Wildman–Crippen LogP) is 2.63. The average molecular weight is 256 g/mol. The van der Waals surface area contributed by atoms with Crippen molar-refractivity contribution in [3.8, 4) is 0 Å². The number of rotatable bonds is 5. The Morgan fingerprint density at radius 2 is 2.05 bits per heavy atom. The summed E-state index contributed by atoms with van der Waals surface area (Å²) < 4.78 is 5.53. The first-order chi connectivity index (χ1) is 9.25. The van der Waals surface area contributed by atoms with Crippen molar-refractivity contribution in [3.63, 3.8) is 0 Å². The highest BCUT2D eigenvalue weighted by Gasteiger charge is 2.13. The van der Waals surface area contributed by atoms with Gasteiger partial charge in [0.2, 0.25) is 0 Å². The van der Waals surface area contributed by atoms with Crippen molar-refractivity contribution in [2.75, 3.05) is 5.32 Å². The van der Waals surface area contributed by atoms with Crippen LogP contribution in [-0.4, -0.2) is 17.0 Å². The molecule has 0 saturated heterocycles. The van der Waals surface area contributed by atoms with Crippen LogP contribution in [0.5, 0.6) is 0 Å². The number of amides is 1. The summed E-state index contributed by atoms with van der Waals surface area (Å²) >= 11 is 0. The van der Waals surface area contributed by atoms with Crippen molar-refractivity contribution in [1.29, 1.82) is 0 Å². The molecule has 0 bridgehead atoms. The molecule has 0 saturated carbocycles. The molecule has 1 heterocycles. The third-order valence-electron chi connectivity index (χ3n) is 2.64. The molecule has 0 aliphatic heterocycles. The number of carbonyl (C=O) groups excluding carboxylic acids is 1. The minimum absolute atomic E-state index is 0.177. The first-order valence-electron chi connectivity index (χ1n) is 6.12. The number of carbonyl (C=O) groups is 1. The quantitative estimate of drug-likeness (QED) is 0.894. The van der Waals surface area contributed by atoms with Crippen molar-refractivity contribution in [3.05, 3.63) is 60.4 Å². The van der Waals surface area contributed by atoms with Crippen molar-refractivity contribution >= 4 is 11.6 Å². The van der Waals surface area contributed by atoms with Crippen LogP contribution in [0.4, 0.5) is 5.69 Å². The van der Waals surface area contributed by atoms with Crippen LogP contribution in [0.3, 0.4) is 0 Å². The number of nitrogens with one attached hydrogen (secondary N) is 1. The molecule has 1 aromatic carbocycles. The first kappa shape index (κ1) is 13.2. The molecule has 2 rings (SSSR count). The number of anilines is 1. The summed E-state index contributed by atoms with van der Waals surface area (Å²) in [5.41, 5.74) is 1.71. The fourth-order valence-electron chi connectivity index (χ4n) is 1.55. The van der Waals surface area contributed by atoms with E-state index in [1.807, 2.05) is 30.3 Å². The van der Waals surface area contributed by atoms with Gasteiger partial charge in [-0.15, -0.1) is 0 Å². The van der Waals surface area contributed by atoms with E-state index in [1.165, 1.54) is 0 Å². The number of aromatic nitrogens is 1. The summed E-state index contributed by atoms with van der Waals surface area (Å²) in [5, 5.41) is 2.75. The second-order valence-corrected chi connectivity index (χ2v) is 4.17. The van der Waals surface area contributed by atoms with Crippen molar-refractivity contribution in [2.24, 2.45) is 0 Å². The highest BCUT2D eigenvalue weighted by Crippen LogP contribution is 2.07. The lowest BCUT2D eigenvalue weighted by Crippen LogP contribution is -2.27. The van der Waals surface area contributed by atoms with Crippen LogP contribution < -0.4 is 5.32 Å². The van der Waals surface area contributed by atoms with Crippen molar-refractivity contribution in [1.82, 2.24) is 4.98 Å². The van der Waals surface area contributed by atoms with Gasteiger partial charge < -0.3 is 10.1 Å². The number of ether oxygens (including phenoxy) is 1. The Hall–Kier alpha value is -2.20. The molecule has 4 nitrogen and oxygen atoms in total. The van der Waals surface area contributed by atoms with Crippen molar-refractivity contribution < 1.29 is 9.53 Å². The molecule has 0 unspecified atom stereocenters. The molecule has 1 amide bonds. The summed E-state index contributed by atoms with van der Waals surface area (Å²) in [6.45, 7) is 2.15. The monoisotopic (exact) mass is 256 g/mol. The van der Waals surface area contributed by atoms with Gasteiger partial charge >= 0.3 is 0 Å². The van der Waals surface area contributed by atoms with Crippen LogP contribution in [0.15, 0.2) is 54.9 Å². The van der Waals surface area contributed by atoms with Crippen LogP contribution in [0.2, 0.25) is 0 Å². The summed E-state index contributed by atoms with van der Waals surface area (Å²) in [7, 11) is 0. The van der Waals surface area contributed by atoms with Crippen LogP contribution in [0, 0.1) is 0 Å². The fraction of sp³-hybridized carbons (Fsp3) is 0.200. The molecule has 0 aliphatic rings. The number of hydrogen-bond donors (Lipinski definition) is 1. The summed E-state index contributed by atoms with van der Waals surface area (Å²) in [4.78, 5) is 15.8. The number of benzene rings is 1. The smallest absolute Gasteiger partial charge is 0.253 e. The van der Waals surface area contributed by atoms with E-state index < -0.39 is 6.10 Å². The SMILES string of the molecule is C[C@@H](OCc1ccccc1)C(=O)Nc1cccnc1. The molecular formula is C15H16N2O2. The van der Waals surface area contributed by atoms with Crippen LogP contribution in [0.25, 0.3) is 0 Å². The third-order valence-corrected chi connectivity index (χ3v) is 2.64. The van der Waals surface area contributed by atoms with E-state index in [0.717, 1.165) is 5.56 Å². The molecular weight excluding hydrogens is 240 g/mol. The lowest BCUT2D eigenvalue weighted by Gasteiger charge is -2.13. The molecule has 0 radical (unpaired) electrons. The standard InChI is InChI=1S/C15H16N2O2/c1-12(19-11-13-6-3-2-4-7-13)15(18)17-14-8-5-9-16-10-14/h2-10,12H,11H2,1H3,(H,17,18)/t12-/m1/s1. The van der Waals surface area contributed by atoms with Gasteiger partial charge in [0.05, 0.1) is 18.5 Å². The Balaban J connectivity index is 1.83. The van der Waals surface area contributed by atoms with Crippen LogP contribution in [0.1, 0.15) is 12.5 Å². The third kappa shape index (κ3) is 4.19. The topological polar surface area (TPSA) is 51.2 Å². The number of hydrogen-bond acceptors (Lipinski definition) is 3. The molecule has 1 atom stereocenters. The molecule has 0 fully saturated rings. The minimum atomic E-state index is -0.514. The maximum absolute atomic E-state index is 11.9. The van der Waals surface area contributed by atoms with E-state index in [1.54, 1.807) is 31.5 Å². The van der Waals surface area contributed by atoms with Gasteiger partial charge in [0, 0.05) is 6.20 Å². The van der Waals surface area contributed by atoms with E-state index in [0.29, 0.717) is 12.3 Å². The van der Waals surface area contributed by atoms with Gasteiger partial charge in [-0.05, 0) is 24.6 Å². The minimum Gasteiger partial charge on any atom is -0.364 e. The van der Waals surface area contributed by atoms with Gasteiger partial charge in [-0.25, -0.2) is 0 Å². The molecule has 0 aliphatic carbocycles. The van der Waals surface area contributed by atoms with Crippen molar-refractivity contribution in [2.45, 2.75) is 19.6 Å². The summed E-state index contributed by atoms with van der Waals surface area (Å²) in [6.07, 6.45) is 2.74. The zero-order valence-corrected chi connectivity index (χ0v) is 10.7. The number of nitrogens with zero attached hydrogens (tertiary/aromatic N) is 1. The van der Waals surface area contributed by atoms with E-state index in [4.69, 9.17) is 4.74 Å².